The van der Waals surface area contributed by atoms with Gasteiger partial charge < -0.3 is 10.1 Å². The van der Waals surface area contributed by atoms with E-state index in [0.717, 1.165) is 11.1 Å². The number of hydrogen-bond acceptors (Lipinski definition) is 4. The molecule has 0 atom stereocenters. The summed E-state index contributed by atoms with van der Waals surface area (Å²) in [6.45, 7) is 1.37. The van der Waals surface area contributed by atoms with E-state index in [1.165, 1.54) is 0 Å². The summed E-state index contributed by atoms with van der Waals surface area (Å²) in [6.07, 6.45) is 1.78. The highest BCUT2D eigenvalue weighted by Gasteiger charge is 2.00. The maximum Gasteiger partial charge on any atom is 0.212 e. The number of nitrogens with one attached hydrogen (secondary N) is 1. The van der Waals surface area contributed by atoms with Crippen molar-refractivity contribution >= 4 is 0 Å². The van der Waals surface area contributed by atoms with E-state index in [2.05, 4.69) is 16.4 Å². The van der Waals surface area contributed by atoms with Gasteiger partial charge in [0.25, 0.3) is 0 Å². The monoisotopic (exact) mass is 253 g/mol. The molecular weight excluding hydrogens is 238 g/mol. The first-order valence-electron chi connectivity index (χ1n) is 6.01. The minimum atomic E-state index is 0.610. The van der Waals surface area contributed by atoms with Crippen molar-refractivity contribution in [2.24, 2.45) is 0 Å². The Morgan fingerprint density at radius 3 is 2.74 bits per heavy atom. The second-order valence-electron chi connectivity index (χ2n) is 4.08. The highest BCUT2D eigenvalue weighted by atomic mass is 16.5. The van der Waals surface area contributed by atoms with Gasteiger partial charge in [-0.3, -0.25) is 0 Å². The molecule has 2 rings (SSSR count). The van der Waals surface area contributed by atoms with Crippen LogP contribution in [0.25, 0.3) is 0 Å². The van der Waals surface area contributed by atoms with Crippen LogP contribution in [0.3, 0.4) is 0 Å². The first-order chi connectivity index (χ1) is 9.33. The van der Waals surface area contributed by atoms with Crippen molar-refractivity contribution in [2.75, 3.05) is 7.11 Å². The van der Waals surface area contributed by atoms with Crippen molar-refractivity contribution in [3.05, 3.63) is 59.3 Å². The van der Waals surface area contributed by atoms with Crippen LogP contribution >= 0.6 is 0 Å². The smallest absolute Gasteiger partial charge is 0.212 e. The predicted octanol–water partition coefficient (Wildman–Crippen LogP) is 2.25. The average Bonchev–Trinajstić information content (AvgIpc) is 2.48. The van der Waals surface area contributed by atoms with Gasteiger partial charge in [-0.25, -0.2) is 4.98 Å². The number of aromatic nitrogens is 1. The number of ether oxygens (including phenoxy) is 1. The molecule has 0 saturated heterocycles. The van der Waals surface area contributed by atoms with Crippen LogP contribution in [0.5, 0.6) is 5.88 Å². The Morgan fingerprint density at radius 2 is 2.05 bits per heavy atom. The number of pyridine rings is 1. The van der Waals surface area contributed by atoms with Crippen LogP contribution in [0.4, 0.5) is 0 Å². The number of methoxy groups -OCH3 is 1. The maximum atomic E-state index is 8.99. The standard InChI is InChI=1S/C15H15N3O/c1-19-15-7-6-12(10-18-15)9-17-11-14-5-3-2-4-13(14)8-16/h2-7,10,17H,9,11H2,1H3. The van der Waals surface area contributed by atoms with E-state index in [1.807, 2.05) is 36.4 Å². The van der Waals surface area contributed by atoms with Gasteiger partial charge in [0, 0.05) is 25.4 Å². The Kier molecular flexibility index (Phi) is 4.49. The number of nitrogens with zero attached hydrogens (tertiary/aromatic N) is 2. The topological polar surface area (TPSA) is 57.9 Å². The molecule has 4 heteroatoms. The molecule has 0 fully saturated rings. The van der Waals surface area contributed by atoms with Crippen LogP contribution in [-0.4, -0.2) is 12.1 Å². The Bertz CT molecular complexity index is 573. The van der Waals surface area contributed by atoms with E-state index >= 15 is 0 Å². The SMILES string of the molecule is COc1ccc(CNCc2ccccc2C#N)cn1. The molecule has 1 heterocycles. The lowest BCUT2D eigenvalue weighted by molar-refractivity contribution is 0.397. The van der Waals surface area contributed by atoms with Crippen molar-refractivity contribution in [1.29, 1.82) is 5.26 Å². The zero-order chi connectivity index (χ0) is 13.5. The molecule has 1 aromatic heterocycles. The number of rotatable bonds is 5. The summed E-state index contributed by atoms with van der Waals surface area (Å²) < 4.78 is 5.01. The van der Waals surface area contributed by atoms with Gasteiger partial charge in [0.15, 0.2) is 0 Å². The quantitative estimate of drug-likeness (QED) is 0.888. The van der Waals surface area contributed by atoms with E-state index in [0.29, 0.717) is 24.5 Å². The Labute approximate surface area is 112 Å². The fourth-order valence-electron chi connectivity index (χ4n) is 1.76. The molecule has 1 N–H and O–H groups in total. The normalized spacial score (nSPS) is 9.89. The van der Waals surface area contributed by atoms with Crippen LogP contribution in [0, 0.1) is 11.3 Å². The molecule has 0 saturated carbocycles. The Morgan fingerprint density at radius 1 is 1.21 bits per heavy atom. The minimum absolute atomic E-state index is 0.610. The Balaban J connectivity index is 1.91. The molecule has 0 aliphatic rings. The molecule has 0 radical (unpaired) electrons. The summed E-state index contributed by atoms with van der Waals surface area (Å²) >= 11 is 0. The van der Waals surface area contributed by atoms with Crippen molar-refractivity contribution in [2.45, 2.75) is 13.1 Å². The second-order valence-corrected chi connectivity index (χ2v) is 4.08. The molecule has 2 aromatic rings. The van der Waals surface area contributed by atoms with Crippen LogP contribution < -0.4 is 10.1 Å². The van der Waals surface area contributed by atoms with E-state index < -0.39 is 0 Å². The molecule has 0 spiro atoms. The van der Waals surface area contributed by atoms with Gasteiger partial charge >= 0.3 is 0 Å². The first kappa shape index (κ1) is 13.1. The highest BCUT2D eigenvalue weighted by Crippen LogP contribution is 2.09. The number of nitriles is 1. The number of hydrogen-bond donors (Lipinski definition) is 1. The summed E-state index contributed by atoms with van der Waals surface area (Å²) in [4.78, 5) is 4.14. The molecule has 0 aliphatic heterocycles. The Hall–Kier alpha value is -2.38. The van der Waals surface area contributed by atoms with Crippen molar-refractivity contribution in [3.63, 3.8) is 0 Å². The van der Waals surface area contributed by atoms with Gasteiger partial charge in [0.05, 0.1) is 18.7 Å². The van der Waals surface area contributed by atoms with Crippen molar-refractivity contribution in [3.8, 4) is 11.9 Å². The third-order valence-electron chi connectivity index (χ3n) is 2.79. The lowest BCUT2D eigenvalue weighted by Gasteiger charge is -2.07. The lowest BCUT2D eigenvalue weighted by Crippen LogP contribution is -2.13. The predicted molar refractivity (Wildman–Crippen MR) is 72.5 cm³/mol. The van der Waals surface area contributed by atoms with E-state index in [1.54, 1.807) is 13.3 Å². The summed E-state index contributed by atoms with van der Waals surface area (Å²) in [5.41, 5.74) is 2.80. The van der Waals surface area contributed by atoms with Gasteiger partial charge in [-0.1, -0.05) is 24.3 Å². The van der Waals surface area contributed by atoms with E-state index in [-0.39, 0.29) is 0 Å². The molecule has 96 valence electrons. The maximum absolute atomic E-state index is 8.99. The molecule has 0 amide bonds. The fourth-order valence-corrected chi connectivity index (χ4v) is 1.76. The molecule has 0 unspecified atom stereocenters. The molecule has 19 heavy (non-hydrogen) atoms. The summed E-state index contributed by atoms with van der Waals surface area (Å²) in [7, 11) is 1.60. The van der Waals surface area contributed by atoms with Gasteiger partial charge in [0.2, 0.25) is 5.88 Å². The minimum Gasteiger partial charge on any atom is -0.481 e. The zero-order valence-corrected chi connectivity index (χ0v) is 10.8. The van der Waals surface area contributed by atoms with Crippen LogP contribution in [0.1, 0.15) is 16.7 Å². The molecule has 4 nitrogen and oxygen atoms in total. The average molecular weight is 253 g/mol. The van der Waals surface area contributed by atoms with E-state index in [4.69, 9.17) is 10.00 Å². The summed E-state index contributed by atoms with van der Waals surface area (Å²) in [5.74, 6) is 0.610. The van der Waals surface area contributed by atoms with Crippen LogP contribution in [0.2, 0.25) is 0 Å². The third kappa shape index (κ3) is 3.54. The summed E-state index contributed by atoms with van der Waals surface area (Å²) in [5, 5.41) is 12.3. The second kappa shape index (κ2) is 6.53. The molecule has 1 aromatic carbocycles. The molecular formula is C15H15N3O. The largest absolute Gasteiger partial charge is 0.481 e. The van der Waals surface area contributed by atoms with E-state index in [9.17, 15) is 0 Å². The van der Waals surface area contributed by atoms with Gasteiger partial charge in [-0.05, 0) is 17.2 Å². The fraction of sp³-hybridized carbons (Fsp3) is 0.200. The van der Waals surface area contributed by atoms with Gasteiger partial charge in [-0.15, -0.1) is 0 Å². The van der Waals surface area contributed by atoms with Crippen LogP contribution in [-0.2, 0) is 13.1 Å². The van der Waals surface area contributed by atoms with Gasteiger partial charge in [0.1, 0.15) is 0 Å². The van der Waals surface area contributed by atoms with Gasteiger partial charge in [-0.2, -0.15) is 5.26 Å². The number of benzene rings is 1. The van der Waals surface area contributed by atoms with Crippen LogP contribution in [0.15, 0.2) is 42.6 Å². The van der Waals surface area contributed by atoms with Crippen molar-refractivity contribution in [1.82, 2.24) is 10.3 Å². The van der Waals surface area contributed by atoms with Crippen molar-refractivity contribution < 1.29 is 4.74 Å². The summed E-state index contributed by atoms with van der Waals surface area (Å²) in [6, 6.07) is 13.6. The first-order valence-corrected chi connectivity index (χ1v) is 6.01. The third-order valence-corrected chi connectivity index (χ3v) is 2.79. The lowest BCUT2D eigenvalue weighted by atomic mass is 10.1. The highest BCUT2D eigenvalue weighted by molar-refractivity contribution is 5.37. The molecule has 0 bridgehead atoms. The molecule has 0 aliphatic carbocycles. The zero-order valence-electron chi connectivity index (χ0n) is 10.8.